The van der Waals surface area contributed by atoms with E-state index in [1.165, 1.54) is 19.3 Å². The van der Waals surface area contributed by atoms with Gasteiger partial charge in [0.2, 0.25) is 5.91 Å². The number of carbonyl (C=O) groups excluding carboxylic acids is 1. The zero-order chi connectivity index (χ0) is 11.3. The summed E-state index contributed by atoms with van der Waals surface area (Å²) in [6.45, 7) is 2.90. The lowest BCUT2D eigenvalue weighted by Crippen LogP contribution is -2.51. The van der Waals surface area contributed by atoms with Crippen molar-refractivity contribution in [2.24, 2.45) is 28.9 Å². The molecule has 3 rings (SSSR count). The van der Waals surface area contributed by atoms with E-state index in [1.54, 1.807) is 0 Å². The molecule has 3 fully saturated rings. The van der Waals surface area contributed by atoms with Crippen LogP contribution < -0.4 is 11.1 Å². The van der Waals surface area contributed by atoms with Crippen molar-refractivity contribution in [1.82, 2.24) is 5.32 Å². The number of hydrogen-bond acceptors (Lipinski definition) is 2. The Hall–Kier alpha value is -0.570. The van der Waals surface area contributed by atoms with Gasteiger partial charge in [-0.05, 0) is 56.4 Å². The number of rotatable bonds is 3. The van der Waals surface area contributed by atoms with E-state index >= 15 is 0 Å². The van der Waals surface area contributed by atoms with Crippen LogP contribution in [0.4, 0.5) is 0 Å². The Bertz CT molecular complexity index is 311. The molecule has 0 aromatic heterocycles. The third-order valence-electron chi connectivity index (χ3n) is 5.12. The second-order valence-electron chi connectivity index (χ2n) is 6.37. The molecular formula is C13H22N2O. The van der Waals surface area contributed by atoms with Crippen molar-refractivity contribution >= 4 is 5.91 Å². The fraction of sp³-hybridized carbons (Fsp3) is 0.923. The average Bonchev–Trinajstić information content (AvgIpc) is 2.91. The van der Waals surface area contributed by atoms with Gasteiger partial charge < -0.3 is 11.1 Å². The molecule has 0 saturated heterocycles. The van der Waals surface area contributed by atoms with E-state index < -0.39 is 0 Å². The summed E-state index contributed by atoms with van der Waals surface area (Å²) in [6.07, 6.45) is 5.88. The molecule has 3 N–H and O–H groups in total. The molecule has 3 saturated carbocycles. The summed E-state index contributed by atoms with van der Waals surface area (Å²) in [5.74, 6) is 2.60. The molecule has 90 valence electrons. The van der Waals surface area contributed by atoms with Crippen molar-refractivity contribution in [3.8, 4) is 0 Å². The Morgan fingerprint density at radius 1 is 1.38 bits per heavy atom. The maximum Gasteiger partial charge on any atom is 0.226 e. The van der Waals surface area contributed by atoms with E-state index in [0.717, 1.165) is 31.2 Å². The summed E-state index contributed by atoms with van der Waals surface area (Å²) in [5.41, 5.74) is 5.71. The zero-order valence-electron chi connectivity index (χ0n) is 10.0. The Morgan fingerprint density at radius 3 is 2.75 bits per heavy atom. The van der Waals surface area contributed by atoms with Gasteiger partial charge in [0.25, 0.3) is 0 Å². The van der Waals surface area contributed by atoms with Gasteiger partial charge in [-0.3, -0.25) is 4.79 Å². The second kappa shape index (κ2) is 3.46. The Labute approximate surface area is 97.2 Å². The monoisotopic (exact) mass is 222 g/mol. The van der Waals surface area contributed by atoms with Crippen LogP contribution in [-0.2, 0) is 4.79 Å². The minimum atomic E-state index is -0.0169. The Balaban J connectivity index is 1.53. The normalized spacial score (nSPS) is 43.4. The first kappa shape index (κ1) is 10.6. The van der Waals surface area contributed by atoms with E-state index in [2.05, 4.69) is 12.2 Å². The molecule has 4 unspecified atom stereocenters. The van der Waals surface area contributed by atoms with Gasteiger partial charge in [-0.15, -0.1) is 0 Å². The van der Waals surface area contributed by atoms with Crippen LogP contribution in [0.15, 0.2) is 0 Å². The Morgan fingerprint density at radius 2 is 2.12 bits per heavy atom. The molecule has 0 aromatic rings. The highest BCUT2D eigenvalue weighted by atomic mass is 16.2. The van der Waals surface area contributed by atoms with Gasteiger partial charge in [0.15, 0.2) is 0 Å². The average molecular weight is 222 g/mol. The van der Waals surface area contributed by atoms with E-state index in [1.807, 2.05) is 0 Å². The molecule has 3 nitrogen and oxygen atoms in total. The predicted molar refractivity (Wildman–Crippen MR) is 62.6 cm³/mol. The van der Waals surface area contributed by atoms with Gasteiger partial charge >= 0.3 is 0 Å². The molecule has 0 aromatic carbocycles. The van der Waals surface area contributed by atoms with Gasteiger partial charge in [-0.1, -0.05) is 6.92 Å². The van der Waals surface area contributed by atoms with Crippen LogP contribution in [0.5, 0.6) is 0 Å². The number of carbonyl (C=O) groups is 1. The first-order valence-corrected chi connectivity index (χ1v) is 6.63. The van der Waals surface area contributed by atoms with E-state index in [0.29, 0.717) is 17.9 Å². The van der Waals surface area contributed by atoms with Crippen LogP contribution in [0, 0.1) is 23.2 Å². The fourth-order valence-electron chi connectivity index (χ4n) is 3.46. The van der Waals surface area contributed by atoms with Crippen molar-refractivity contribution in [1.29, 1.82) is 0 Å². The van der Waals surface area contributed by atoms with Crippen molar-refractivity contribution in [3.05, 3.63) is 0 Å². The smallest absolute Gasteiger partial charge is 0.226 e. The van der Waals surface area contributed by atoms with Crippen molar-refractivity contribution < 1.29 is 4.79 Å². The van der Waals surface area contributed by atoms with E-state index in [4.69, 9.17) is 5.73 Å². The molecule has 3 aliphatic rings. The van der Waals surface area contributed by atoms with Crippen LogP contribution in [0.25, 0.3) is 0 Å². The molecule has 16 heavy (non-hydrogen) atoms. The number of fused-ring (bicyclic) bond motifs is 1. The van der Waals surface area contributed by atoms with Crippen LogP contribution in [-0.4, -0.2) is 18.5 Å². The molecule has 0 aliphatic heterocycles. The van der Waals surface area contributed by atoms with Crippen LogP contribution in [0.3, 0.4) is 0 Å². The van der Waals surface area contributed by atoms with Gasteiger partial charge in [0.05, 0.1) is 0 Å². The lowest BCUT2D eigenvalue weighted by atomic mass is 9.71. The first-order valence-electron chi connectivity index (χ1n) is 6.63. The summed E-state index contributed by atoms with van der Waals surface area (Å²) >= 11 is 0. The summed E-state index contributed by atoms with van der Waals surface area (Å²) in [6, 6.07) is 0.464. The highest BCUT2D eigenvalue weighted by Crippen LogP contribution is 2.51. The number of amides is 1. The first-order chi connectivity index (χ1) is 7.62. The number of nitrogens with one attached hydrogen (secondary N) is 1. The SMILES string of the molecule is CC1(C(=O)NC2CC3CC(CN)CC32)CC1. The molecule has 3 heteroatoms. The minimum absolute atomic E-state index is 0.0169. The summed E-state index contributed by atoms with van der Waals surface area (Å²) in [4.78, 5) is 11.9. The van der Waals surface area contributed by atoms with E-state index in [9.17, 15) is 4.79 Å². The number of hydrogen-bond donors (Lipinski definition) is 2. The molecule has 0 spiro atoms. The quantitative estimate of drug-likeness (QED) is 0.755. The second-order valence-corrected chi connectivity index (χ2v) is 6.37. The van der Waals surface area contributed by atoms with Crippen LogP contribution >= 0.6 is 0 Å². The molecule has 3 aliphatic carbocycles. The molecule has 0 bridgehead atoms. The van der Waals surface area contributed by atoms with Gasteiger partial charge in [0, 0.05) is 11.5 Å². The molecule has 0 heterocycles. The van der Waals surface area contributed by atoms with Gasteiger partial charge in [0.1, 0.15) is 0 Å². The highest BCUT2D eigenvalue weighted by molar-refractivity contribution is 5.85. The third kappa shape index (κ3) is 1.56. The lowest BCUT2D eigenvalue weighted by molar-refractivity contribution is -0.128. The highest BCUT2D eigenvalue weighted by Gasteiger charge is 2.51. The lowest BCUT2D eigenvalue weighted by Gasteiger charge is -2.41. The number of nitrogens with two attached hydrogens (primary N) is 1. The van der Waals surface area contributed by atoms with E-state index in [-0.39, 0.29) is 5.41 Å². The fourth-order valence-corrected chi connectivity index (χ4v) is 3.46. The third-order valence-corrected chi connectivity index (χ3v) is 5.12. The van der Waals surface area contributed by atoms with Crippen molar-refractivity contribution in [2.45, 2.75) is 45.1 Å². The van der Waals surface area contributed by atoms with Crippen LogP contribution in [0.1, 0.15) is 39.0 Å². The standard InChI is InChI=1S/C13H22N2O/c1-13(2-3-13)12(16)15-11-6-9-4-8(7-14)5-10(9)11/h8-11H,2-7,14H2,1H3,(H,15,16). The predicted octanol–water partition coefficient (Wildman–Crippen LogP) is 1.28. The largest absolute Gasteiger partial charge is 0.353 e. The minimum Gasteiger partial charge on any atom is -0.353 e. The maximum absolute atomic E-state index is 11.9. The zero-order valence-corrected chi connectivity index (χ0v) is 10.0. The van der Waals surface area contributed by atoms with Crippen molar-refractivity contribution in [3.63, 3.8) is 0 Å². The molecular weight excluding hydrogens is 200 g/mol. The molecule has 1 amide bonds. The van der Waals surface area contributed by atoms with Crippen LogP contribution in [0.2, 0.25) is 0 Å². The van der Waals surface area contributed by atoms with Crippen molar-refractivity contribution in [2.75, 3.05) is 6.54 Å². The molecule has 4 atom stereocenters. The van der Waals surface area contributed by atoms with Gasteiger partial charge in [-0.25, -0.2) is 0 Å². The molecule has 0 radical (unpaired) electrons. The summed E-state index contributed by atoms with van der Waals surface area (Å²) in [7, 11) is 0. The summed E-state index contributed by atoms with van der Waals surface area (Å²) < 4.78 is 0. The summed E-state index contributed by atoms with van der Waals surface area (Å²) in [5, 5.41) is 3.26. The maximum atomic E-state index is 11.9. The van der Waals surface area contributed by atoms with Gasteiger partial charge in [-0.2, -0.15) is 0 Å². The topological polar surface area (TPSA) is 55.1 Å². The Kier molecular flexibility index (Phi) is 2.29.